The van der Waals surface area contributed by atoms with E-state index in [9.17, 15) is 9.59 Å². The van der Waals surface area contributed by atoms with E-state index >= 15 is 0 Å². The van der Waals surface area contributed by atoms with Gasteiger partial charge in [0.25, 0.3) is 5.91 Å². The van der Waals surface area contributed by atoms with Crippen molar-refractivity contribution in [1.82, 2.24) is 10.2 Å². The van der Waals surface area contributed by atoms with E-state index in [4.69, 9.17) is 0 Å². The molecule has 2 aromatic rings. The first-order chi connectivity index (χ1) is 11.3. The third-order valence-corrected chi connectivity index (χ3v) is 4.11. The van der Waals surface area contributed by atoms with Gasteiger partial charge in [0.2, 0.25) is 5.91 Å². The second-order valence-corrected chi connectivity index (χ2v) is 5.72. The van der Waals surface area contributed by atoms with Gasteiger partial charge in [0.1, 0.15) is 6.04 Å². The lowest BCUT2D eigenvalue weighted by Gasteiger charge is -2.24. The smallest absolute Gasteiger partial charge is 0.252 e. The minimum Gasteiger partial charge on any atom is -0.341 e. The van der Waals surface area contributed by atoms with E-state index in [0.29, 0.717) is 5.56 Å². The van der Waals surface area contributed by atoms with Crippen molar-refractivity contribution in [2.45, 2.75) is 18.9 Å². The van der Waals surface area contributed by atoms with Crippen molar-refractivity contribution < 1.29 is 9.59 Å². The van der Waals surface area contributed by atoms with Crippen LogP contribution >= 0.6 is 0 Å². The Bertz CT molecular complexity index is 664. The molecule has 23 heavy (non-hydrogen) atoms. The van der Waals surface area contributed by atoms with Gasteiger partial charge in [0, 0.05) is 18.7 Å². The molecule has 3 rings (SSSR count). The van der Waals surface area contributed by atoms with Crippen LogP contribution in [0, 0.1) is 0 Å². The summed E-state index contributed by atoms with van der Waals surface area (Å²) in [5, 5.41) is 2.90. The van der Waals surface area contributed by atoms with Crippen molar-refractivity contribution in [3.8, 4) is 0 Å². The van der Waals surface area contributed by atoms with E-state index in [1.54, 1.807) is 12.1 Å². The molecule has 0 bridgehead atoms. The highest BCUT2D eigenvalue weighted by molar-refractivity contribution is 5.97. The lowest BCUT2D eigenvalue weighted by atomic mass is 10.0. The number of rotatable bonds is 4. The van der Waals surface area contributed by atoms with Crippen molar-refractivity contribution in [2.24, 2.45) is 0 Å². The van der Waals surface area contributed by atoms with Crippen LogP contribution in [-0.2, 0) is 4.79 Å². The monoisotopic (exact) mass is 308 g/mol. The maximum absolute atomic E-state index is 12.8. The molecule has 1 aliphatic heterocycles. The summed E-state index contributed by atoms with van der Waals surface area (Å²) >= 11 is 0. The maximum atomic E-state index is 12.8. The molecule has 1 unspecified atom stereocenters. The normalized spacial score (nSPS) is 15.2. The first-order valence-electron chi connectivity index (χ1n) is 7.95. The largest absolute Gasteiger partial charge is 0.341 e. The van der Waals surface area contributed by atoms with Gasteiger partial charge in [0.15, 0.2) is 0 Å². The molecule has 0 aliphatic carbocycles. The van der Waals surface area contributed by atoms with E-state index in [0.717, 1.165) is 31.5 Å². The molecule has 1 atom stereocenters. The van der Waals surface area contributed by atoms with Crippen molar-refractivity contribution >= 4 is 11.8 Å². The Morgan fingerprint density at radius 1 is 0.870 bits per heavy atom. The Hall–Kier alpha value is -2.62. The summed E-state index contributed by atoms with van der Waals surface area (Å²) in [6.07, 6.45) is 2.06. The maximum Gasteiger partial charge on any atom is 0.252 e. The SMILES string of the molecule is O=C(NC(C(=O)N1CCCC1)c1ccccc1)c1ccccc1. The van der Waals surface area contributed by atoms with Crippen LogP contribution in [0.4, 0.5) is 0 Å². The Kier molecular flexibility index (Phi) is 4.71. The average Bonchev–Trinajstić information content (AvgIpc) is 3.15. The highest BCUT2D eigenvalue weighted by Gasteiger charge is 2.29. The number of benzene rings is 2. The number of hydrogen-bond donors (Lipinski definition) is 1. The second-order valence-electron chi connectivity index (χ2n) is 5.72. The number of carbonyl (C=O) groups is 2. The van der Waals surface area contributed by atoms with Crippen LogP contribution in [0.15, 0.2) is 60.7 Å². The van der Waals surface area contributed by atoms with Crippen LogP contribution in [0.3, 0.4) is 0 Å². The number of amides is 2. The van der Waals surface area contributed by atoms with E-state index in [1.165, 1.54) is 0 Å². The number of likely N-dealkylation sites (tertiary alicyclic amines) is 1. The molecule has 118 valence electrons. The molecule has 1 fully saturated rings. The predicted molar refractivity (Wildman–Crippen MR) is 88.9 cm³/mol. The first kappa shape index (κ1) is 15.3. The molecule has 0 radical (unpaired) electrons. The predicted octanol–water partition coefficient (Wildman–Crippen LogP) is 2.78. The number of nitrogens with one attached hydrogen (secondary N) is 1. The highest BCUT2D eigenvalue weighted by atomic mass is 16.2. The van der Waals surface area contributed by atoms with Gasteiger partial charge in [-0.15, -0.1) is 0 Å². The Balaban J connectivity index is 1.83. The van der Waals surface area contributed by atoms with Gasteiger partial charge >= 0.3 is 0 Å². The summed E-state index contributed by atoms with van der Waals surface area (Å²) in [7, 11) is 0. The topological polar surface area (TPSA) is 49.4 Å². The van der Waals surface area contributed by atoms with Gasteiger partial charge in [0.05, 0.1) is 0 Å². The fourth-order valence-corrected chi connectivity index (χ4v) is 2.86. The first-order valence-corrected chi connectivity index (χ1v) is 7.95. The van der Waals surface area contributed by atoms with Crippen molar-refractivity contribution in [1.29, 1.82) is 0 Å². The van der Waals surface area contributed by atoms with Crippen molar-refractivity contribution in [3.05, 3.63) is 71.8 Å². The molecular weight excluding hydrogens is 288 g/mol. The zero-order valence-electron chi connectivity index (χ0n) is 12.9. The summed E-state index contributed by atoms with van der Waals surface area (Å²) in [6, 6.07) is 17.8. The van der Waals surface area contributed by atoms with Crippen molar-refractivity contribution in [2.75, 3.05) is 13.1 Å². The third-order valence-electron chi connectivity index (χ3n) is 4.11. The minimum atomic E-state index is -0.637. The zero-order chi connectivity index (χ0) is 16.1. The van der Waals surface area contributed by atoms with Gasteiger partial charge in [-0.2, -0.15) is 0 Å². The van der Waals surface area contributed by atoms with Crippen LogP contribution in [0.5, 0.6) is 0 Å². The molecule has 1 saturated heterocycles. The molecule has 4 nitrogen and oxygen atoms in total. The average molecular weight is 308 g/mol. The Labute approximate surface area is 136 Å². The van der Waals surface area contributed by atoms with Gasteiger partial charge < -0.3 is 10.2 Å². The Morgan fingerprint density at radius 3 is 2.04 bits per heavy atom. The quantitative estimate of drug-likeness (QED) is 0.944. The summed E-state index contributed by atoms with van der Waals surface area (Å²) < 4.78 is 0. The number of hydrogen-bond acceptors (Lipinski definition) is 2. The van der Waals surface area contributed by atoms with Gasteiger partial charge in [-0.1, -0.05) is 48.5 Å². The zero-order valence-corrected chi connectivity index (χ0v) is 12.9. The minimum absolute atomic E-state index is 0.0296. The highest BCUT2D eigenvalue weighted by Crippen LogP contribution is 2.20. The van der Waals surface area contributed by atoms with E-state index < -0.39 is 6.04 Å². The standard InChI is InChI=1S/C19H20N2O2/c22-18(16-11-5-2-6-12-16)20-17(15-9-3-1-4-10-15)19(23)21-13-7-8-14-21/h1-6,9-12,17H,7-8,13-14H2,(H,20,22). The molecule has 1 heterocycles. The van der Waals surface area contributed by atoms with Crippen molar-refractivity contribution in [3.63, 3.8) is 0 Å². The van der Waals surface area contributed by atoms with Crippen LogP contribution in [0.2, 0.25) is 0 Å². The van der Waals surface area contributed by atoms with Crippen LogP contribution in [0.1, 0.15) is 34.8 Å². The van der Waals surface area contributed by atoms with E-state index in [1.807, 2.05) is 53.4 Å². The molecule has 2 aromatic carbocycles. The van der Waals surface area contributed by atoms with E-state index in [-0.39, 0.29) is 11.8 Å². The van der Waals surface area contributed by atoms with E-state index in [2.05, 4.69) is 5.32 Å². The van der Waals surface area contributed by atoms with Gasteiger partial charge in [-0.3, -0.25) is 9.59 Å². The van der Waals surface area contributed by atoms with Crippen LogP contribution in [0.25, 0.3) is 0 Å². The summed E-state index contributed by atoms with van der Waals surface area (Å²) in [4.78, 5) is 27.1. The van der Waals surface area contributed by atoms with Crippen LogP contribution in [-0.4, -0.2) is 29.8 Å². The number of nitrogens with zero attached hydrogens (tertiary/aromatic N) is 1. The summed E-state index contributed by atoms with van der Waals surface area (Å²) in [5.41, 5.74) is 1.37. The second kappa shape index (κ2) is 7.09. The molecule has 0 saturated carbocycles. The summed E-state index contributed by atoms with van der Waals surface area (Å²) in [5.74, 6) is -0.259. The molecule has 0 aromatic heterocycles. The fourth-order valence-electron chi connectivity index (χ4n) is 2.86. The number of carbonyl (C=O) groups excluding carboxylic acids is 2. The van der Waals surface area contributed by atoms with Gasteiger partial charge in [-0.25, -0.2) is 0 Å². The van der Waals surface area contributed by atoms with Gasteiger partial charge in [-0.05, 0) is 30.5 Å². The molecule has 1 aliphatic rings. The molecule has 0 spiro atoms. The Morgan fingerprint density at radius 2 is 1.43 bits per heavy atom. The van der Waals surface area contributed by atoms with Crippen LogP contribution < -0.4 is 5.32 Å². The fraction of sp³-hybridized carbons (Fsp3) is 0.263. The lowest BCUT2D eigenvalue weighted by molar-refractivity contribution is -0.132. The molecule has 1 N–H and O–H groups in total. The molecule has 2 amide bonds. The molecular formula is C19H20N2O2. The summed E-state index contributed by atoms with van der Waals surface area (Å²) in [6.45, 7) is 1.53. The lowest BCUT2D eigenvalue weighted by Crippen LogP contribution is -2.41. The molecule has 4 heteroatoms. The third kappa shape index (κ3) is 3.59.